The number of carbonyl (C=O) groups is 1. The van der Waals surface area contributed by atoms with Gasteiger partial charge in [-0.1, -0.05) is 12.1 Å². The lowest BCUT2D eigenvalue weighted by molar-refractivity contribution is -0.146. The van der Waals surface area contributed by atoms with E-state index in [1.807, 2.05) is 0 Å². The Bertz CT molecular complexity index is 516. The van der Waals surface area contributed by atoms with E-state index in [1.54, 1.807) is 5.16 Å². The van der Waals surface area contributed by atoms with Crippen LogP contribution in [0.2, 0.25) is 0 Å². The zero-order chi connectivity index (χ0) is 18.0. The van der Waals surface area contributed by atoms with Crippen molar-refractivity contribution in [1.82, 2.24) is 0 Å². The molecule has 0 amide bonds. The van der Waals surface area contributed by atoms with Gasteiger partial charge >= 0.3 is 0 Å². The number of hydrogen-bond acceptors (Lipinski definition) is 9. The SMILES string of the molecule is N=C=S.O=C(Cc1ccc(O)cc1)C(O)C(O)C(O)C(O)CO. The molecule has 0 bridgehead atoms. The summed E-state index contributed by atoms with van der Waals surface area (Å²) in [5, 5.41) is 62.8. The topological polar surface area (TPSA) is 162 Å². The monoisotopic (exact) mass is 345 g/mol. The Morgan fingerprint density at radius 3 is 2.04 bits per heavy atom. The number of Topliss-reactive ketones (excluding diaryl/α,β-unsaturated/α-hetero) is 1. The van der Waals surface area contributed by atoms with Crippen LogP contribution in [0.25, 0.3) is 0 Å². The van der Waals surface area contributed by atoms with Crippen molar-refractivity contribution in [3.05, 3.63) is 29.8 Å². The third-order valence-electron chi connectivity index (χ3n) is 2.90. The Morgan fingerprint density at radius 2 is 1.61 bits per heavy atom. The van der Waals surface area contributed by atoms with E-state index in [1.165, 1.54) is 24.3 Å². The highest BCUT2D eigenvalue weighted by atomic mass is 32.1. The number of benzene rings is 1. The van der Waals surface area contributed by atoms with Crippen LogP contribution in [-0.2, 0) is 11.2 Å². The maximum atomic E-state index is 11.7. The predicted molar refractivity (Wildman–Crippen MR) is 83.2 cm³/mol. The smallest absolute Gasteiger partial charge is 0.168 e. The molecule has 0 aliphatic heterocycles. The summed E-state index contributed by atoms with van der Waals surface area (Å²) >= 11 is 3.81. The highest BCUT2D eigenvalue weighted by molar-refractivity contribution is 7.78. The second-order valence-electron chi connectivity index (χ2n) is 4.59. The van der Waals surface area contributed by atoms with Crippen molar-refractivity contribution in [2.45, 2.75) is 30.8 Å². The standard InChI is InChI=1S/C13H18O7.CHNS/c14-6-10(17)12(19)13(20)11(18)9(16)5-7-1-3-8(15)4-2-7;2-1-3/h1-4,10-15,17-20H,5-6H2;2H. The van der Waals surface area contributed by atoms with Crippen LogP contribution >= 0.6 is 12.2 Å². The maximum absolute atomic E-state index is 11.7. The average Bonchev–Trinajstić information content (AvgIpc) is 2.54. The lowest BCUT2D eigenvalue weighted by Gasteiger charge is -2.24. The van der Waals surface area contributed by atoms with E-state index < -0.39 is 36.8 Å². The fraction of sp³-hybridized carbons (Fsp3) is 0.429. The van der Waals surface area contributed by atoms with Gasteiger partial charge in [0, 0.05) is 6.42 Å². The molecular formula is C14H19NO7S. The normalized spacial score (nSPS) is 15.3. The molecule has 8 nitrogen and oxygen atoms in total. The summed E-state index contributed by atoms with van der Waals surface area (Å²) in [7, 11) is 0. The van der Waals surface area contributed by atoms with E-state index in [4.69, 9.17) is 20.7 Å². The quantitative estimate of drug-likeness (QED) is 0.235. The molecule has 0 aliphatic rings. The van der Waals surface area contributed by atoms with E-state index in [2.05, 4.69) is 12.2 Å². The Kier molecular flexibility index (Phi) is 10.1. The summed E-state index contributed by atoms with van der Waals surface area (Å²) in [4.78, 5) is 11.7. The summed E-state index contributed by atoms with van der Waals surface area (Å²) in [5.74, 6) is -0.726. The summed E-state index contributed by atoms with van der Waals surface area (Å²) < 4.78 is 0. The first kappa shape index (κ1) is 21.3. The molecule has 0 saturated heterocycles. The first-order valence-electron chi connectivity index (χ1n) is 6.46. The van der Waals surface area contributed by atoms with Gasteiger partial charge in [-0.05, 0) is 29.9 Å². The summed E-state index contributed by atoms with van der Waals surface area (Å²) in [6.45, 7) is -0.808. The maximum Gasteiger partial charge on any atom is 0.168 e. The molecule has 1 aromatic carbocycles. The average molecular weight is 345 g/mol. The van der Waals surface area contributed by atoms with E-state index in [9.17, 15) is 20.1 Å². The van der Waals surface area contributed by atoms with Gasteiger partial charge in [0.05, 0.1) is 11.8 Å². The van der Waals surface area contributed by atoms with E-state index in [0.29, 0.717) is 5.56 Å². The van der Waals surface area contributed by atoms with Crippen LogP contribution in [0.3, 0.4) is 0 Å². The number of aliphatic hydroxyl groups excluding tert-OH is 5. The molecule has 0 radical (unpaired) electrons. The van der Waals surface area contributed by atoms with Crippen molar-refractivity contribution in [2.75, 3.05) is 6.61 Å². The molecule has 4 unspecified atom stereocenters. The molecule has 7 N–H and O–H groups in total. The molecule has 0 saturated carbocycles. The van der Waals surface area contributed by atoms with Crippen LogP contribution in [0.4, 0.5) is 0 Å². The molecule has 1 rings (SSSR count). The number of thiocarbonyl (C=S) groups is 1. The van der Waals surface area contributed by atoms with Crippen LogP contribution in [0, 0.1) is 5.41 Å². The fourth-order valence-electron chi connectivity index (χ4n) is 1.63. The summed E-state index contributed by atoms with van der Waals surface area (Å²) in [6, 6.07) is 5.70. The fourth-order valence-corrected chi connectivity index (χ4v) is 1.63. The number of aromatic hydroxyl groups is 1. The minimum Gasteiger partial charge on any atom is -0.508 e. The van der Waals surface area contributed by atoms with Gasteiger partial charge < -0.3 is 30.6 Å². The first-order valence-corrected chi connectivity index (χ1v) is 6.86. The van der Waals surface area contributed by atoms with Crippen LogP contribution in [0.1, 0.15) is 5.56 Å². The number of aliphatic hydroxyl groups is 5. The summed E-state index contributed by atoms with van der Waals surface area (Å²) in [5.41, 5.74) is 0.510. The minimum absolute atomic E-state index is 0.0308. The van der Waals surface area contributed by atoms with Crippen LogP contribution in [0.15, 0.2) is 24.3 Å². The molecule has 0 heterocycles. The number of nitrogens with one attached hydrogen (secondary N) is 1. The van der Waals surface area contributed by atoms with Gasteiger partial charge in [0.25, 0.3) is 0 Å². The van der Waals surface area contributed by atoms with E-state index >= 15 is 0 Å². The van der Waals surface area contributed by atoms with Gasteiger partial charge in [0.15, 0.2) is 5.78 Å². The molecule has 0 aromatic heterocycles. The molecule has 0 aliphatic carbocycles. The first-order chi connectivity index (χ1) is 10.8. The molecule has 0 spiro atoms. The lowest BCUT2D eigenvalue weighted by Crippen LogP contribution is -2.49. The van der Waals surface area contributed by atoms with Gasteiger partial charge in [0.2, 0.25) is 0 Å². The van der Waals surface area contributed by atoms with E-state index in [-0.39, 0.29) is 12.2 Å². The van der Waals surface area contributed by atoms with Gasteiger partial charge in [0.1, 0.15) is 30.2 Å². The Labute approximate surface area is 137 Å². The molecule has 128 valence electrons. The molecule has 0 fully saturated rings. The van der Waals surface area contributed by atoms with Crippen molar-refractivity contribution in [1.29, 1.82) is 5.41 Å². The number of ketones is 1. The van der Waals surface area contributed by atoms with Crippen molar-refractivity contribution in [3.8, 4) is 5.75 Å². The lowest BCUT2D eigenvalue weighted by atomic mass is 9.97. The number of rotatable bonds is 7. The molecule has 4 atom stereocenters. The molecule has 9 heteroatoms. The van der Waals surface area contributed by atoms with Crippen molar-refractivity contribution < 1.29 is 35.4 Å². The second kappa shape index (κ2) is 10.9. The number of isothiocyanates is 1. The third-order valence-corrected chi connectivity index (χ3v) is 2.90. The highest BCUT2D eigenvalue weighted by Gasteiger charge is 2.33. The number of carbonyl (C=O) groups excluding carboxylic acids is 1. The minimum atomic E-state index is -1.90. The molecule has 1 aromatic rings. The van der Waals surface area contributed by atoms with Gasteiger partial charge in [-0.15, -0.1) is 0 Å². The zero-order valence-electron chi connectivity index (χ0n) is 12.0. The van der Waals surface area contributed by atoms with Crippen LogP contribution < -0.4 is 0 Å². The second-order valence-corrected chi connectivity index (χ2v) is 4.79. The van der Waals surface area contributed by atoms with Gasteiger partial charge in [-0.25, -0.2) is 5.41 Å². The van der Waals surface area contributed by atoms with Crippen LogP contribution in [0.5, 0.6) is 5.75 Å². The number of phenols is 1. The van der Waals surface area contributed by atoms with Crippen LogP contribution in [-0.4, -0.2) is 72.6 Å². The largest absolute Gasteiger partial charge is 0.508 e. The highest BCUT2D eigenvalue weighted by Crippen LogP contribution is 2.13. The predicted octanol–water partition coefficient (Wildman–Crippen LogP) is -1.39. The van der Waals surface area contributed by atoms with Crippen molar-refractivity contribution in [2.24, 2.45) is 0 Å². The molecule has 23 heavy (non-hydrogen) atoms. The Morgan fingerprint density at radius 1 is 1.13 bits per heavy atom. The van der Waals surface area contributed by atoms with Crippen molar-refractivity contribution >= 4 is 23.2 Å². The number of phenolic OH excluding ortho intramolecular Hbond substituents is 1. The molecular weight excluding hydrogens is 326 g/mol. The zero-order valence-corrected chi connectivity index (χ0v) is 12.8. The van der Waals surface area contributed by atoms with Gasteiger partial charge in [-0.3, -0.25) is 4.79 Å². The third kappa shape index (κ3) is 7.40. The summed E-state index contributed by atoms with van der Waals surface area (Å²) in [6.07, 6.45) is -7.48. The Hall–Kier alpha value is -1.71. The van der Waals surface area contributed by atoms with Gasteiger partial charge in [-0.2, -0.15) is 0 Å². The van der Waals surface area contributed by atoms with E-state index in [0.717, 1.165) is 0 Å². The Balaban J connectivity index is 0.00000149. The van der Waals surface area contributed by atoms with Crippen molar-refractivity contribution in [3.63, 3.8) is 0 Å². The number of hydrogen-bond donors (Lipinski definition) is 7.